The summed E-state index contributed by atoms with van der Waals surface area (Å²) in [4.78, 5) is 9.22. The third-order valence-electron chi connectivity index (χ3n) is 5.26. The van der Waals surface area contributed by atoms with Gasteiger partial charge in [0.25, 0.3) is 0 Å². The molecule has 1 aliphatic carbocycles. The van der Waals surface area contributed by atoms with Gasteiger partial charge in [0.15, 0.2) is 0 Å². The van der Waals surface area contributed by atoms with Gasteiger partial charge in [0.2, 0.25) is 0 Å². The van der Waals surface area contributed by atoms with E-state index in [1.54, 1.807) is 0 Å². The summed E-state index contributed by atoms with van der Waals surface area (Å²) in [6.45, 7) is 0.759. The Labute approximate surface area is 153 Å². The summed E-state index contributed by atoms with van der Waals surface area (Å²) in [5.74, 6) is 0. The highest BCUT2D eigenvalue weighted by Gasteiger charge is 2.39. The van der Waals surface area contributed by atoms with Crippen LogP contribution in [0, 0.1) is 5.41 Å². The summed E-state index contributed by atoms with van der Waals surface area (Å²) in [5, 5.41) is 13.8. The van der Waals surface area contributed by atoms with Crippen LogP contribution in [0.5, 0.6) is 0 Å². The highest BCUT2D eigenvalue weighted by Crippen LogP contribution is 2.44. The van der Waals surface area contributed by atoms with E-state index in [1.807, 2.05) is 48.7 Å². The molecule has 0 amide bonds. The number of para-hydroxylation sites is 2. The molecule has 1 unspecified atom stereocenters. The average Bonchev–Trinajstić information content (AvgIpc) is 3.19. The number of aliphatic hydroxyl groups is 1. The van der Waals surface area contributed by atoms with Crippen molar-refractivity contribution in [2.45, 2.75) is 25.4 Å². The Morgan fingerprint density at radius 2 is 1.65 bits per heavy atom. The van der Waals surface area contributed by atoms with Gasteiger partial charge in [0, 0.05) is 18.0 Å². The highest BCUT2D eigenvalue weighted by molar-refractivity contribution is 5.73. The van der Waals surface area contributed by atoms with Crippen molar-refractivity contribution in [1.82, 2.24) is 15.3 Å². The zero-order valence-electron chi connectivity index (χ0n) is 14.7. The molecule has 0 aliphatic heterocycles. The Balaban J connectivity index is 1.60. The van der Waals surface area contributed by atoms with E-state index >= 15 is 0 Å². The Morgan fingerprint density at radius 1 is 0.962 bits per heavy atom. The van der Waals surface area contributed by atoms with E-state index in [1.165, 1.54) is 5.56 Å². The SMILES string of the molecule is OCC1(C(NCc2cnc3ccccc3n2)c2ccccc2)CC=CC1. The maximum Gasteiger partial charge on any atom is 0.0890 e. The van der Waals surface area contributed by atoms with E-state index in [0.29, 0.717) is 6.54 Å². The molecule has 1 heterocycles. The van der Waals surface area contributed by atoms with E-state index in [0.717, 1.165) is 29.6 Å². The molecule has 0 fully saturated rings. The number of hydrogen-bond acceptors (Lipinski definition) is 4. The number of fused-ring (bicyclic) bond motifs is 1. The first-order valence-corrected chi connectivity index (χ1v) is 9.06. The van der Waals surface area contributed by atoms with Crippen molar-refractivity contribution in [1.29, 1.82) is 0 Å². The third-order valence-corrected chi connectivity index (χ3v) is 5.26. The van der Waals surface area contributed by atoms with Gasteiger partial charge < -0.3 is 10.4 Å². The monoisotopic (exact) mass is 345 g/mol. The van der Waals surface area contributed by atoms with Crippen molar-refractivity contribution in [3.8, 4) is 0 Å². The number of hydrogen-bond donors (Lipinski definition) is 2. The number of aromatic nitrogens is 2. The summed E-state index contributed by atoms with van der Waals surface area (Å²) in [6, 6.07) is 18.3. The number of rotatable bonds is 6. The van der Waals surface area contributed by atoms with Gasteiger partial charge in [-0.3, -0.25) is 4.98 Å². The van der Waals surface area contributed by atoms with Crippen LogP contribution in [0.15, 0.2) is 72.9 Å². The predicted octanol–water partition coefficient (Wildman–Crippen LogP) is 3.79. The number of benzene rings is 2. The van der Waals surface area contributed by atoms with E-state index in [9.17, 15) is 5.11 Å². The molecular formula is C22H23N3O. The van der Waals surface area contributed by atoms with Crippen LogP contribution in [0.2, 0.25) is 0 Å². The zero-order valence-corrected chi connectivity index (χ0v) is 14.7. The third kappa shape index (κ3) is 3.26. The van der Waals surface area contributed by atoms with Crippen LogP contribution < -0.4 is 5.32 Å². The molecule has 2 aromatic carbocycles. The van der Waals surface area contributed by atoms with Crippen LogP contribution in [0.1, 0.15) is 30.1 Å². The van der Waals surface area contributed by atoms with Gasteiger partial charge in [-0.2, -0.15) is 0 Å². The lowest BCUT2D eigenvalue weighted by molar-refractivity contribution is 0.0906. The first-order valence-electron chi connectivity index (χ1n) is 9.06. The molecule has 0 radical (unpaired) electrons. The molecule has 132 valence electrons. The maximum absolute atomic E-state index is 10.2. The van der Waals surface area contributed by atoms with E-state index in [4.69, 9.17) is 4.98 Å². The summed E-state index contributed by atoms with van der Waals surface area (Å²) in [6.07, 6.45) is 7.92. The minimum atomic E-state index is -0.203. The van der Waals surface area contributed by atoms with Crippen LogP contribution in [0.4, 0.5) is 0 Å². The number of nitrogens with zero attached hydrogens (tertiary/aromatic N) is 2. The van der Waals surface area contributed by atoms with Gasteiger partial charge in [-0.25, -0.2) is 4.98 Å². The van der Waals surface area contributed by atoms with Gasteiger partial charge in [0.05, 0.1) is 29.5 Å². The van der Waals surface area contributed by atoms with Crippen LogP contribution >= 0.6 is 0 Å². The summed E-state index contributed by atoms with van der Waals surface area (Å²) < 4.78 is 0. The lowest BCUT2D eigenvalue weighted by Gasteiger charge is -2.37. The van der Waals surface area contributed by atoms with Crippen molar-refractivity contribution in [3.05, 3.63) is 84.2 Å². The number of aliphatic hydroxyl groups excluding tert-OH is 1. The topological polar surface area (TPSA) is 58.0 Å². The first-order chi connectivity index (χ1) is 12.8. The second kappa shape index (κ2) is 7.36. The van der Waals surface area contributed by atoms with Gasteiger partial charge in [-0.1, -0.05) is 54.6 Å². The zero-order chi connectivity index (χ0) is 17.8. The van der Waals surface area contributed by atoms with Gasteiger partial charge in [-0.05, 0) is 30.5 Å². The Bertz CT molecular complexity index is 899. The van der Waals surface area contributed by atoms with Crippen LogP contribution in [0.25, 0.3) is 11.0 Å². The van der Waals surface area contributed by atoms with E-state index in [2.05, 4.69) is 34.6 Å². The molecule has 4 rings (SSSR count). The molecule has 1 aliphatic rings. The van der Waals surface area contributed by atoms with Gasteiger partial charge in [0.1, 0.15) is 0 Å². The molecule has 4 heteroatoms. The van der Waals surface area contributed by atoms with Crippen molar-refractivity contribution in [3.63, 3.8) is 0 Å². The smallest absolute Gasteiger partial charge is 0.0890 e. The fourth-order valence-electron chi connectivity index (χ4n) is 3.80. The normalized spacial score (nSPS) is 16.8. The lowest BCUT2D eigenvalue weighted by atomic mass is 9.75. The lowest BCUT2D eigenvalue weighted by Crippen LogP contribution is -2.39. The van der Waals surface area contributed by atoms with Crippen molar-refractivity contribution < 1.29 is 5.11 Å². The quantitative estimate of drug-likeness (QED) is 0.668. The average molecular weight is 345 g/mol. The molecule has 26 heavy (non-hydrogen) atoms. The summed E-state index contributed by atoms with van der Waals surface area (Å²) in [7, 11) is 0. The number of allylic oxidation sites excluding steroid dienone is 2. The molecule has 2 N–H and O–H groups in total. The van der Waals surface area contributed by atoms with Gasteiger partial charge >= 0.3 is 0 Å². The first kappa shape index (κ1) is 16.9. The molecular weight excluding hydrogens is 322 g/mol. The van der Waals surface area contributed by atoms with E-state index in [-0.39, 0.29) is 18.1 Å². The highest BCUT2D eigenvalue weighted by atomic mass is 16.3. The predicted molar refractivity (Wildman–Crippen MR) is 103 cm³/mol. The fraction of sp³-hybridized carbons (Fsp3) is 0.273. The van der Waals surface area contributed by atoms with Crippen molar-refractivity contribution >= 4 is 11.0 Å². The minimum Gasteiger partial charge on any atom is -0.396 e. The summed E-state index contributed by atoms with van der Waals surface area (Å²) >= 11 is 0. The standard InChI is InChI=1S/C22H23N3O/c26-16-22(12-6-7-13-22)21(17-8-2-1-3-9-17)24-15-18-14-23-19-10-4-5-11-20(19)25-18/h1-11,14,21,24,26H,12-13,15-16H2. The van der Waals surface area contributed by atoms with Crippen LogP contribution in [0.3, 0.4) is 0 Å². The second-order valence-electron chi connectivity index (χ2n) is 6.97. The largest absolute Gasteiger partial charge is 0.396 e. The fourth-order valence-corrected chi connectivity index (χ4v) is 3.80. The second-order valence-corrected chi connectivity index (χ2v) is 6.97. The minimum absolute atomic E-state index is 0.0528. The molecule has 0 bridgehead atoms. The van der Waals surface area contributed by atoms with Crippen molar-refractivity contribution in [2.24, 2.45) is 5.41 Å². The van der Waals surface area contributed by atoms with Crippen LogP contribution in [-0.4, -0.2) is 21.7 Å². The van der Waals surface area contributed by atoms with Crippen LogP contribution in [-0.2, 0) is 6.54 Å². The Kier molecular flexibility index (Phi) is 4.78. The van der Waals surface area contributed by atoms with E-state index < -0.39 is 0 Å². The Morgan fingerprint density at radius 3 is 2.38 bits per heavy atom. The summed E-state index contributed by atoms with van der Waals surface area (Å²) in [5.41, 5.74) is 3.71. The molecule has 0 saturated carbocycles. The number of nitrogens with one attached hydrogen (secondary N) is 1. The van der Waals surface area contributed by atoms with Crippen molar-refractivity contribution in [2.75, 3.05) is 6.61 Å². The molecule has 1 aromatic heterocycles. The maximum atomic E-state index is 10.2. The molecule has 1 atom stereocenters. The molecule has 0 spiro atoms. The Hall–Kier alpha value is -2.56. The molecule has 0 saturated heterocycles. The molecule has 3 aromatic rings. The molecule has 4 nitrogen and oxygen atoms in total. The van der Waals surface area contributed by atoms with Gasteiger partial charge in [-0.15, -0.1) is 0 Å².